The highest BCUT2D eigenvalue weighted by Gasteiger charge is 2.52. The van der Waals surface area contributed by atoms with Gasteiger partial charge in [-0.2, -0.15) is 0 Å². The van der Waals surface area contributed by atoms with E-state index in [9.17, 15) is 0 Å². The standard InChI is InChI=1S/C14H21B/c1-2-3-13(15)14-7-10-4-11(8-14)6-12(5-10)9-14/h2-3,10-13H,4-9H2,1H3. The Balaban J connectivity index is 1.86. The Hall–Kier alpha value is -0.195. The van der Waals surface area contributed by atoms with Crippen LogP contribution < -0.4 is 0 Å². The Kier molecular flexibility index (Phi) is 2.26. The van der Waals surface area contributed by atoms with Gasteiger partial charge in [0.2, 0.25) is 0 Å². The predicted octanol–water partition coefficient (Wildman–Crippen LogP) is 3.74. The van der Waals surface area contributed by atoms with Crippen LogP contribution in [0.2, 0.25) is 5.82 Å². The van der Waals surface area contributed by atoms with Crippen LogP contribution in [0.25, 0.3) is 0 Å². The largest absolute Gasteiger partial charge is 0.0938 e. The molecule has 1 unspecified atom stereocenters. The lowest BCUT2D eigenvalue weighted by Gasteiger charge is -2.59. The van der Waals surface area contributed by atoms with Crippen LogP contribution in [-0.4, -0.2) is 7.85 Å². The van der Waals surface area contributed by atoms with E-state index < -0.39 is 0 Å². The second-order valence-electron chi connectivity index (χ2n) is 6.33. The molecule has 0 amide bonds. The number of allylic oxidation sites excluding steroid dienone is 2. The first-order valence-electron chi connectivity index (χ1n) is 6.60. The molecule has 4 saturated carbocycles. The summed E-state index contributed by atoms with van der Waals surface area (Å²) in [6.45, 7) is 2.10. The minimum absolute atomic E-state index is 0.330. The second kappa shape index (κ2) is 3.40. The molecule has 4 aliphatic carbocycles. The van der Waals surface area contributed by atoms with Gasteiger partial charge in [0.05, 0.1) is 7.85 Å². The summed E-state index contributed by atoms with van der Waals surface area (Å²) in [5.41, 5.74) is 0.501. The molecule has 4 aliphatic rings. The molecule has 15 heavy (non-hydrogen) atoms. The monoisotopic (exact) mass is 200 g/mol. The highest BCUT2D eigenvalue weighted by Crippen LogP contribution is 2.63. The fraction of sp³-hybridized carbons (Fsp3) is 0.857. The van der Waals surface area contributed by atoms with Crippen molar-refractivity contribution in [2.45, 2.75) is 51.3 Å². The van der Waals surface area contributed by atoms with Crippen molar-refractivity contribution in [3.8, 4) is 0 Å². The van der Waals surface area contributed by atoms with Crippen molar-refractivity contribution in [1.82, 2.24) is 0 Å². The van der Waals surface area contributed by atoms with E-state index in [1.807, 2.05) is 0 Å². The minimum Gasteiger partial charge on any atom is -0.0938 e. The van der Waals surface area contributed by atoms with Gasteiger partial charge in [0, 0.05) is 0 Å². The normalized spacial score (nSPS) is 50.1. The van der Waals surface area contributed by atoms with Crippen LogP contribution in [0.4, 0.5) is 0 Å². The first-order chi connectivity index (χ1) is 7.22. The van der Waals surface area contributed by atoms with Gasteiger partial charge in [-0.05, 0) is 68.6 Å². The van der Waals surface area contributed by atoms with Crippen LogP contribution in [-0.2, 0) is 0 Å². The summed E-state index contributed by atoms with van der Waals surface area (Å²) in [5, 5.41) is 0. The third kappa shape index (κ3) is 1.50. The third-order valence-corrected chi connectivity index (χ3v) is 5.19. The summed E-state index contributed by atoms with van der Waals surface area (Å²) in [5.74, 6) is 3.39. The molecule has 1 atom stereocenters. The molecule has 2 radical (unpaired) electrons. The molecular formula is C14H21B. The van der Waals surface area contributed by atoms with E-state index in [1.54, 1.807) is 0 Å². The van der Waals surface area contributed by atoms with Crippen molar-refractivity contribution in [2.24, 2.45) is 23.2 Å². The zero-order chi connectivity index (χ0) is 10.5. The van der Waals surface area contributed by atoms with Crippen LogP contribution in [0.15, 0.2) is 12.2 Å². The Morgan fingerprint density at radius 1 is 1.07 bits per heavy atom. The summed E-state index contributed by atoms with van der Waals surface area (Å²) in [7, 11) is 6.40. The van der Waals surface area contributed by atoms with Crippen LogP contribution in [0, 0.1) is 23.2 Å². The van der Waals surface area contributed by atoms with Crippen molar-refractivity contribution in [3.63, 3.8) is 0 Å². The van der Waals surface area contributed by atoms with E-state index in [4.69, 9.17) is 7.85 Å². The van der Waals surface area contributed by atoms with Crippen molar-refractivity contribution in [2.75, 3.05) is 0 Å². The molecule has 4 bridgehead atoms. The maximum absolute atomic E-state index is 6.40. The Morgan fingerprint density at radius 2 is 1.53 bits per heavy atom. The Bertz CT molecular complexity index is 244. The number of rotatable bonds is 2. The topological polar surface area (TPSA) is 0 Å². The molecule has 80 valence electrons. The first kappa shape index (κ1) is 9.99. The highest BCUT2D eigenvalue weighted by molar-refractivity contribution is 6.13. The molecule has 0 spiro atoms. The second-order valence-corrected chi connectivity index (χ2v) is 6.33. The zero-order valence-electron chi connectivity index (χ0n) is 9.78. The molecule has 0 saturated heterocycles. The van der Waals surface area contributed by atoms with E-state index in [-0.39, 0.29) is 0 Å². The van der Waals surface area contributed by atoms with Gasteiger partial charge in [0.15, 0.2) is 0 Å². The van der Waals surface area contributed by atoms with Gasteiger partial charge >= 0.3 is 0 Å². The first-order valence-corrected chi connectivity index (χ1v) is 6.60. The zero-order valence-corrected chi connectivity index (χ0v) is 9.78. The average Bonchev–Trinajstić information content (AvgIpc) is 2.15. The van der Waals surface area contributed by atoms with Gasteiger partial charge in [0.1, 0.15) is 0 Å². The van der Waals surface area contributed by atoms with Gasteiger partial charge in [-0.3, -0.25) is 0 Å². The average molecular weight is 200 g/mol. The summed E-state index contributed by atoms with van der Waals surface area (Å²) < 4.78 is 0. The molecule has 1 heteroatoms. The lowest BCUT2D eigenvalue weighted by Crippen LogP contribution is -2.47. The van der Waals surface area contributed by atoms with Crippen molar-refractivity contribution < 1.29 is 0 Å². The Labute approximate surface area is 94.9 Å². The lowest BCUT2D eigenvalue weighted by molar-refractivity contribution is -0.0500. The van der Waals surface area contributed by atoms with E-state index in [0.717, 1.165) is 17.8 Å². The smallest absolute Gasteiger partial charge is 0.0762 e. The molecule has 0 aliphatic heterocycles. The van der Waals surface area contributed by atoms with Crippen molar-refractivity contribution in [3.05, 3.63) is 12.2 Å². The summed E-state index contributed by atoms with van der Waals surface area (Å²) in [6.07, 6.45) is 13.2. The van der Waals surface area contributed by atoms with Gasteiger partial charge in [-0.15, -0.1) is 0 Å². The number of hydrogen-bond acceptors (Lipinski definition) is 0. The maximum atomic E-state index is 6.40. The van der Waals surface area contributed by atoms with Crippen LogP contribution in [0.1, 0.15) is 45.4 Å². The quantitative estimate of drug-likeness (QED) is 0.470. The molecular weight excluding hydrogens is 179 g/mol. The molecule has 4 rings (SSSR count). The van der Waals surface area contributed by atoms with Crippen LogP contribution >= 0.6 is 0 Å². The molecule has 4 fully saturated rings. The molecule has 0 N–H and O–H groups in total. The van der Waals surface area contributed by atoms with Gasteiger partial charge < -0.3 is 0 Å². The minimum atomic E-state index is 0.330. The van der Waals surface area contributed by atoms with Gasteiger partial charge in [0.25, 0.3) is 0 Å². The van der Waals surface area contributed by atoms with Crippen LogP contribution in [0.5, 0.6) is 0 Å². The molecule has 0 nitrogen and oxygen atoms in total. The lowest BCUT2D eigenvalue weighted by atomic mass is 9.44. The van der Waals surface area contributed by atoms with E-state index in [1.165, 1.54) is 38.5 Å². The van der Waals surface area contributed by atoms with Gasteiger partial charge in [-0.1, -0.05) is 18.0 Å². The van der Waals surface area contributed by atoms with E-state index in [2.05, 4.69) is 19.1 Å². The molecule has 0 heterocycles. The summed E-state index contributed by atoms with van der Waals surface area (Å²) >= 11 is 0. The Morgan fingerprint density at radius 3 is 1.93 bits per heavy atom. The van der Waals surface area contributed by atoms with Gasteiger partial charge in [-0.25, -0.2) is 0 Å². The molecule has 0 aromatic carbocycles. The summed E-state index contributed by atoms with van der Waals surface area (Å²) in [6, 6.07) is 0. The number of hydrogen-bond donors (Lipinski definition) is 0. The van der Waals surface area contributed by atoms with Crippen molar-refractivity contribution in [1.29, 1.82) is 0 Å². The maximum Gasteiger partial charge on any atom is 0.0762 e. The third-order valence-electron chi connectivity index (χ3n) is 5.19. The fourth-order valence-corrected chi connectivity index (χ4v) is 5.00. The molecule has 0 aromatic rings. The fourth-order valence-electron chi connectivity index (χ4n) is 5.00. The van der Waals surface area contributed by atoms with Crippen LogP contribution in [0.3, 0.4) is 0 Å². The summed E-state index contributed by atoms with van der Waals surface area (Å²) in [4.78, 5) is 0. The highest BCUT2D eigenvalue weighted by atomic mass is 14.6. The van der Waals surface area contributed by atoms with E-state index >= 15 is 0 Å². The van der Waals surface area contributed by atoms with E-state index in [0.29, 0.717) is 11.2 Å². The van der Waals surface area contributed by atoms with Crippen molar-refractivity contribution >= 4 is 7.85 Å². The SMILES string of the molecule is [B]C(C=CC)C12CC3CC(CC(C3)C1)C2. The predicted molar refractivity (Wildman–Crippen MR) is 64.9 cm³/mol. The molecule has 0 aromatic heterocycles.